The van der Waals surface area contributed by atoms with Crippen molar-refractivity contribution in [2.24, 2.45) is 0 Å². The molecule has 2 N–H and O–H groups in total. The van der Waals surface area contributed by atoms with Crippen LogP contribution in [0.4, 0.5) is 0 Å². The SMILES string of the molecule is CCCCCOCC(=O)NCc1ccc(C(=O)O)o1. The molecule has 0 aliphatic rings. The highest BCUT2D eigenvalue weighted by Crippen LogP contribution is 2.07. The van der Waals surface area contributed by atoms with Gasteiger partial charge >= 0.3 is 5.97 Å². The fraction of sp³-hybridized carbons (Fsp3) is 0.538. The average Bonchev–Trinajstić information content (AvgIpc) is 2.85. The summed E-state index contributed by atoms with van der Waals surface area (Å²) in [7, 11) is 0. The van der Waals surface area contributed by atoms with Crippen molar-refractivity contribution in [1.82, 2.24) is 5.32 Å². The first-order chi connectivity index (χ1) is 9.13. The molecule has 0 aliphatic heterocycles. The van der Waals surface area contributed by atoms with Crippen molar-refractivity contribution in [3.05, 3.63) is 23.7 Å². The molecular formula is C13H19NO5. The fourth-order valence-electron chi connectivity index (χ4n) is 1.44. The summed E-state index contributed by atoms with van der Waals surface area (Å²) in [5, 5.41) is 11.3. The highest BCUT2D eigenvalue weighted by Gasteiger charge is 2.09. The Morgan fingerprint density at radius 3 is 2.79 bits per heavy atom. The zero-order valence-electron chi connectivity index (χ0n) is 11.0. The van der Waals surface area contributed by atoms with Gasteiger partial charge in [-0.05, 0) is 18.6 Å². The number of nitrogens with one attached hydrogen (secondary N) is 1. The molecule has 0 unspecified atom stereocenters. The molecule has 0 aliphatic carbocycles. The summed E-state index contributed by atoms with van der Waals surface area (Å²) >= 11 is 0. The number of amides is 1. The lowest BCUT2D eigenvalue weighted by atomic mass is 10.3. The quantitative estimate of drug-likeness (QED) is 0.667. The smallest absolute Gasteiger partial charge is 0.371 e. The minimum Gasteiger partial charge on any atom is -0.475 e. The molecular weight excluding hydrogens is 250 g/mol. The van der Waals surface area contributed by atoms with E-state index in [1.807, 2.05) is 0 Å². The van der Waals surface area contributed by atoms with Crippen LogP contribution in [0, 0.1) is 0 Å². The first-order valence-electron chi connectivity index (χ1n) is 6.30. The molecule has 6 nitrogen and oxygen atoms in total. The molecule has 1 aromatic rings. The summed E-state index contributed by atoms with van der Waals surface area (Å²) < 4.78 is 10.2. The van der Waals surface area contributed by atoms with E-state index in [1.54, 1.807) is 0 Å². The lowest BCUT2D eigenvalue weighted by Crippen LogP contribution is -2.27. The highest BCUT2D eigenvalue weighted by atomic mass is 16.5. The van der Waals surface area contributed by atoms with Gasteiger partial charge in [0.1, 0.15) is 12.4 Å². The normalized spacial score (nSPS) is 10.4. The Bertz CT molecular complexity index is 413. The topological polar surface area (TPSA) is 88.8 Å². The van der Waals surface area contributed by atoms with Gasteiger partial charge in [-0.15, -0.1) is 0 Å². The summed E-state index contributed by atoms with van der Waals surface area (Å²) in [4.78, 5) is 22.0. The van der Waals surface area contributed by atoms with Crippen LogP contribution in [0.5, 0.6) is 0 Å². The Kier molecular flexibility index (Phi) is 6.67. The molecule has 0 bridgehead atoms. The number of hydrogen-bond donors (Lipinski definition) is 2. The predicted octanol–water partition coefficient (Wildman–Crippen LogP) is 1.80. The molecule has 0 spiro atoms. The van der Waals surface area contributed by atoms with Gasteiger partial charge in [0.2, 0.25) is 11.7 Å². The van der Waals surface area contributed by atoms with Gasteiger partial charge in [0.05, 0.1) is 6.54 Å². The molecule has 0 radical (unpaired) electrons. The minimum absolute atomic E-state index is 0.0101. The first kappa shape index (κ1) is 15.2. The van der Waals surface area contributed by atoms with E-state index in [0.29, 0.717) is 12.4 Å². The molecule has 6 heteroatoms. The van der Waals surface area contributed by atoms with Gasteiger partial charge in [0.25, 0.3) is 0 Å². The third-order valence-corrected chi connectivity index (χ3v) is 2.46. The number of rotatable bonds is 9. The number of hydrogen-bond acceptors (Lipinski definition) is 4. The van der Waals surface area contributed by atoms with Crippen LogP contribution in [-0.2, 0) is 16.1 Å². The maximum Gasteiger partial charge on any atom is 0.371 e. The molecule has 0 atom stereocenters. The maximum absolute atomic E-state index is 11.4. The number of furan rings is 1. The van der Waals surface area contributed by atoms with Gasteiger partial charge in [0.15, 0.2) is 0 Å². The molecule has 1 heterocycles. The Morgan fingerprint density at radius 1 is 1.37 bits per heavy atom. The number of ether oxygens (including phenoxy) is 1. The van der Waals surface area contributed by atoms with Crippen LogP contribution in [0.1, 0.15) is 42.5 Å². The monoisotopic (exact) mass is 269 g/mol. The van der Waals surface area contributed by atoms with E-state index in [-0.39, 0.29) is 24.8 Å². The molecule has 1 amide bonds. The number of carbonyl (C=O) groups excluding carboxylic acids is 1. The molecule has 1 aromatic heterocycles. The molecule has 106 valence electrons. The van der Waals surface area contributed by atoms with Crippen LogP contribution in [0.25, 0.3) is 0 Å². The van der Waals surface area contributed by atoms with Crippen LogP contribution in [0.15, 0.2) is 16.5 Å². The summed E-state index contributed by atoms with van der Waals surface area (Å²) in [5.41, 5.74) is 0. The van der Waals surface area contributed by atoms with Crippen molar-refractivity contribution in [2.45, 2.75) is 32.7 Å². The standard InChI is InChI=1S/C13H19NO5/c1-2-3-4-7-18-9-12(15)14-8-10-5-6-11(19-10)13(16)17/h5-6H,2-4,7-9H2,1H3,(H,14,15)(H,16,17). The molecule has 0 saturated heterocycles. The lowest BCUT2D eigenvalue weighted by molar-refractivity contribution is -0.126. The molecule has 0 aromatic carbocycles. The van der Waals surface area contributed by atoms with Crippen LogP contribution in [0.2, 0.25) is 0 Å². The molecule has 19 heavy (non-hydrogen) atoms. The Balaban J connectivity index is 2.17. The van der Waals surface area contributed by atoms with Gasteiger partial charge in [0, 0.05) is 6.61 Å². The van der Waals surface area contributed by atoms with Gasteiger partial charge in [-0.25, -0.2) is 4.79 Å². The number of carboxylic acid groups (broad SMARTS) is 1. The van der Waals surface area contributed by atoms with Crippen LogP contribution in [-0.4, -0.2) is 30.2 Å². The van der Waals surface area contributed by atoms with Crippen molar-refractivity contribution >= 4 is 11.9 Å². The summed E-state index contributed by atoms with van der Waals surface area (Å²) in [6, 6.07) is 2.87. The second-order valence-corrected chi connectivity index (χ2v) is 4.11. The Labute approximate surface area is 111 Å². The number of aromatic carboxylic acids is 1. The molecule has 0 fully saturated rings. The minimum atomic E-state index is -1.13. The van der Waals surface area contributed by atoms with Crippen molar-refractivity contribution in [2.75, 3.05) is 13.2 Å². The van der Waals surface area contributed by atoms with Gasteiger partial charge in [-0.2, -0.15) is 0 Å². The fourth-order valence-corrected chi connectivity index (χ4v) is 1.44. The zero-order valence-corrected chi connectivity index (χ0v) is 11.0. The Morgan fingerprint density at radius 2 is 2.16 bits per heavy atom. The average molecular weight is 269 g/mol. The first-order valence-corrected chi connectivity index (χ1v) is 6.30. The van der Waals surface area contributed by atoms with E-state index in [2.05, 4.69) is 12.2 Å². The second-order valence-electron chi connectivity index (χ2n) is 4.11. The summed E-state index contributed by atoms with van der Waals surface area (Å²) in [6.07, 6.45) is 3.15. The number of unbranched alkanes of at least 4 members (excludes halogenated alkanes) is 2. The van der Waals surface area contributed by atoms with E-state index in [1.165, 1.54) is 12.1 Å². The van der Waals surface area contributed by atoms with Crippen LogP contribution >= 0.6 is 0 Å². The lowest BCUT2D eigenvalue weighted by Gasteiger charge is -2.04. The van der Waals surface area contributed by atoms with Crippen molar-refractivity contribution < 1.29 is 23.8 Å². The largest absolute Gasteiger partial charge is 0.475 e. The summed E-state index contributed by atoms with van der Waals surface area (Å²) in [5.74, 6) is -1.11. The predicted molar refractivity (Wildman–Crippen MR) is 67.9 cm³/mol. The Hall–Kier alpha value is -1.82. The third kappa shape index (κ3) is 6.05. The van der Waals surface area contributed by atoms with E-state index in [0.717, 1.165) is 19.3 Å². The maximum atomic E-state index is 11.4. The van der Waals surface area contributed by atoms with E-state index < -0.39 is 5.97 Å². The van der Waals surface area contributed by atoms with Gasteiger partial charge in [-0.3, -0.25) is 4.79 Å². The van der Waals surface area contributed by atoms with E-state index >= 15 is 0 Å². The zero-order chi connectivity index (χ0) is 14.1. The number of carbonyl (C=O) groups is 2. The summed E-state index contributed by atoms with van der Waals surface area (Å²) in [6.45, 7) is 2.84. The third-order valence-electron chi connectivity index (χ3n) is 2.46. The molecule has 0 saturated carbocycles. The van der Waals surface area contributed by atoms with E-state index in [9.17, 15) is 9.59 Å². The van der Waals surface area contributed by atoms with Gasteiger partial charge in [-0.1, -0.05) is 19.8 Å². The van der Waals surface area contributed by atoms with Gasteiger partial charge < -0.3 is 19.6 Å². The highest BCUT2D eigenvalue weighted by molar-refractivity contribution is 5.84. The number of carboxylic acids is 1. The van der Waals surface area contributed by atoms with Crippen LogP contribution in [0.3, 0.4) is 0 Å². The van der Waals surface area contributed by atoms with Crippen molar-refractivity contribution in [3.63, 3.8) is 0 Å². The van der Waals surface area contributed by atoms with Crippen LogP contribution < -0.4 is 5.32 Å². The van der Waals surface area contributed by atoms with Crippen molar-refractivity contribution in [3.8, 4) is 0 Å². The van der Waals surface area contributed by atoms with E-state index in [4.69, 9.17) is 14.3 Å². The van der Waals surface area contributed by atoms with Crippen molar-refractivity contribution in [1.29, 1.82) is 0 Å². The molecule has 1 rings (SSSR count). The second kappa shape index (κ2) is 8.31.